The number of nitrogens with zero attached hydrogens (tertiary/aromatic N) is 5. The highest BCUT2D eigenvalue weighted by Crippen LogP contribution is 2.39. The van der Waals surface area contributed by atoms with E-state index in [-0.39, 0.29) is 41.8 Å². The molecule has 2 aromatic rings. The van der Waals surface area contributed by atoms with Gasteiger partial charge in [0.25, 0.3) is 0 Å². The number of alkyl halides is 6. The van der Waals surface area contributed by atoms with Gasteiger partial charge in [-0.05, 0) is 18.6 Å². The molecule has 1 N–H and O–H groups in total. The second-order valence-electron chi connectivity index (χ2n) is 6.99. The van der Waals surface area contributed by atoms with Gasteiger partial charge < -0.3 is 14.9 Å². The molecule has 1 amide bonds. The number of carbonyl (C=O) groups is 1. The van der Waals surface area contributed by atoms with E-state index in [1.807, 2.05) is 0 Å². The maximum atomic E-state index is 13.1. The summed E-state index contributed by atoms with van der Waals surface area (Å²) in [7, 11) is 0. The molecule has 13 heteroatoms. The van der Waals surface area contributed by atoms with Gasteiger partial charge in [-0.3, -0.25) is 0 Å². The monoisotopic (exact) mass is 481 g/mol. The fourth-order valence-electron chi connectivity index (χ4n) is 3.73. The minimum Gasteiger partial charge on any atom is -0.465 e. The highest BCUT2D eigenvalue weighted by Gasteiger charge is 2.47. The van der Waals surface area contributed by atoms with Gasteiger partial charge in [0, 0.05) is 18.7 Å². The van der Waals surface area contributed by atoms with E-state index in [4.69, 9.17) is 34.8 Å². The first kappa shape index (κ1) is 21.2. The van der Waals surface area contributed by atoms with Crippen LogP contribution in [-0.4, -0.2) is 56.2 Å². The third-order valence-electron chi connectivity index (χ3n) is 5.07. The van der Waals surface area contributed by atoms with Gasteiger partial charge in [-0.15, -0.1) is 0 Å². The van der Waals surface area contributed by atoms with Gasteiger partial charge in [-0.2, -0.15) is 23.1 Å². The van der Waals surface area contributed by atoms with Gasteiger partial charge in [0.15, 0.2) is 11.6 Å². The lowest BCUT2D eigenvalue weighted by molar-refractivity contribution is -0.137. The Kier molecular flexibility index (Phi) is 5.14. The van der Waals surface area contributed by atoms with Crippen molar-refractivity contribution in [2.75, 3.05) is 18.0 Å². The molecule has 1 aromatic heterocycles. The van der Waals surface area contributed by atoms with E-state index in [2.05, 4.69) is 15.0 Å². The minimum absolute atomic E-state index is 0.0784. The molecule has 30 heavy (non-hydrogen) atoms. The first-order chi connectivity index (χ1) is 13.9. The Balaban J connectivity index is 1.75. The molecule has 1 aromatic carbocycles. The Morgan fingerprint density at radius 1 is 1.10 bits per heavy atom. The van der Waals surface area contributed by atoms with Gasteiger partial charge in [0.2, 0.25) is 9.74 Å². The predicted molar refractivity (Wildman–Crippen MR) is 104 cm³/mol. The molecule has 0 spiro atoms. The molecular weight excluding hydrogens is 470 g/mol. The predicted octanol–water partition coefficient (Wildman–Crippen LogP) is 4.33. The van der Waals surface area contributed by atoms with E-state index in [0.29, 0.717) is 13.0 Å². The number of anilines is 1. The Labute approximate surface area is 183 Å². The van der Waals surface area contributed by atoms with Gasteiger partial charge in [0.05, 0.1) is 17.6 Å². The van der Waals surface area contributed by atoms with Crippen LogP contribution in [0.3, 0.4) is 0 Å². The van der Waals surface area contributed by atoms with Gasteiger partial charge in [0.1, 0.15) is 0 Å². The maximum Gasteiger partial charge on any atom is 0.416 e. The lowest BCUT2D eigenvalue weighted by Gasteiger charge is -2.33. The molecule has 2 bridgehead atoms. The SMILES string of the molecule is O=C(O)N1CC2CC1CN2c1nc(-c2cccc(C(F)(F)F)c2)nc(C(Cl)(Cl)Cl)n1. The number of hydrogen-bond acceptors (Lipinski definition) is 5. The lowest BCUT2D eigenvalue weighted by atomic mass is 10.1. The van der Waals surface area contributed by atoms with Crippen molar-refractivity contribution in [2.45, 2.75) is 28.5 Å². The van der Waals surface area contributed by atoms with E-state index in [1.165, 1.54) is 17.0 Å². The van der Waals surface area contributed by atoms with Crippen LogP contribution in [0, 0.1) is 0 Å². The number of piperazine rings is 1. The molecule has 2 saturated heterocycles. The Morgan fingerprint density at radius 3 is 2.40 bits per heavy atom. The van der Waals surface area contributed by atoms with Crippen LogP contribution < -0.4 is 4.90 Å². The van der Waals surface area contributed by atoms with Crippen molar-refractivity contribution in [3.05, 3.63) is 35.7 Å². The number of amides is 1. The van der Waals surface area contributed by atoms with Crippen molar-refractivity contribution in [3.8, 4) is 11.4 Å². The number of rotatable bonds is 2. The Bertz CT molecular complexity index is 1000. The molecule has 4 rings (SSSR count). The smallest absolute Gasteiger partial charge is 0.416 e. The van der Waals surface area contributed by atoms with Gasteiger partial charge in [-0.25, -0.2) is 9.78 Å². The highest BCUT2D eigenvalue weighted by molar-refractivity contribution is 6.66. The van der Waals surface area contributed by atoms with Crippen LogP contribution in [0.2, 0.25) is 0 Å². The summed E-state index contributed by atoms with van der Waals surface area (Å²) in [6, 6.07) is 4.06. The summed E-state index contributed by atoms with van der Waals surface area (Å²) in [5.74, 6) is -0.190. The summed E-state index contributed by atoms with van der Waals surface area (Å²) < 4.78 is 37.3. The lowest BCUT2D eigenvalue weighted by Crippen LogP contribution is -2.49. The molecule has 2 unspecified atom stereocenters. The highest BCUT2D eigenvalue weighted by atomic mass is 35.6. The van der Waals surface area contributed by atoms with E-state index < -0.39 is 21.6 Å². The topological polar surface area (TPSA) is 82.5 Å². The fraction of sp³-hybridized carbons (Fsp3) is 0.412. The van der Waals surface area contributed by atoms with Crippen molar-refractivity contribution >= 4 is 46.8 Å². The zero-order valence-corrected chi connectivity index (χ0v) is 17.2. The van der Waals surface area contributed by atoms with Crippen LogP contribution in [0.25, 0.3) is 11.4 Å². The molecule has 0 saturated carbocycles. The zero-order chi connectivity index (χ0) is 21.8. The second-order valence-corrected chi connectivity index (χ2v) is 9.27. The summed E-state index contributed by atoms with van der Waals surface area (Å²) in [5.41, 5.74) is -0.782. The maximum absolute atomic E-state index is 13.1. The van der Waals surface area contributed by atoms with Crippen LogP contribution in [0.5, 0.6) is 0 Å². The molecule has 2 atom stereocenters. The van der Waals surface area contributed by atoms with E-state index in [9.17, 15) is 23.1 Å². The van der Waals surface area contributed by atoms with E-state index in [1.54, 1.807) is 4.90 Å². The number of likely N-dealkylation sites (tertiary alicyclic amines) is 1. The molecule has 2 aliphatic rings. The summed E-state index contributed by atoms with van der Waals surface area (Å²) in [4.78, 5) is 27.0. The van der Waals surface area contributed by atoms with Gasteiger partial charge in [-0.1, -0.05) is 46.9 Å². The summed E-state index contributed by atoms with van der Waals surface area (Å²) in [6.45, 7) is 0.579. The van der Waals surface area contributed by atoms with Crippen LogP contribution >= 0.6 is 34.8 Å². The summed E-state index contributed by atoms with van der Waals surface area (Å²) in [6.07, 6.45) is -4.97. The molecule has 160 valence electrons. The number of hydrogen-bond donors (Lipinski definition) is 1. The summed E-state index contributed by atoms with van der Waals surface area (Å²) in [5, 5.41) is 9.25. The first-order valence-corrected chi connectivity index (χ1v) is 9.84. The molecule has 0 aliphatic carbocycles. The molecule has 2 aliphatic heterocycles. The number of benzene rings is 1. The normalized spacial score (nSPS) is 21.4. The van der Waals surface area contributed by atoms with Crippen molar-refractivity contribution in [3.63, 3.8) is 0 Å². The van der Waals surface area contributed by atoms with Crippen LogP contribution in [0.15, 0.2) is 24.3 Å². The number of carboxylic acid groups (broad SMARTS) is 1. The van der Waals surface area contributed by atoms with Crippen molar-refractivity contribution < 1.29 is 23.1 Å². The Hall–Kier alpha value is -2.04. The van der Waals surface area contributed by atoms with E-state index >= 15 is 0 Å². The fourth-order valence-corrected chi connectivity index (χ4v) is 3.98. The largest absolute Gasteiger partial charge is 0.465 e. The van der Waals surface area contributed by atoms with Crippen LogP contribution in [-0.2, 0) is 9.97 Å². The molecule has 0 radical (unpaired) electrons. The standard InChI is InChI=1S/C17H13Cl3F3N5O2/c18-16(19,20)13-24-12(8-2-1-3-9(4-8)17(21,22)23)25-14(26-13)27-6-11-5-10(27)7-28(11)15(29)30/h1-4,10-11H,5-7H2,(H,29,30). The summed E-state index contributed by atoms with van der Waals surface area (Å²) >= 11 is 17.8. The number of halogens is 6. The minimum atomic E-state index is -4.54. The number of aromatic nitrogens is 3. The quantitative estimate of drug-likeness (QED) is 0.642. The number of fused-ring (bicyclic) bond motifs is 2. The third kappa shape index (κ3) is 3.95. The Morgan fingerprint density at radius 2 is 1.83 bits per heavy atom. The third-order valence-corrected chi connectivity index (χ3v) is 5.58. The average molecular weight is 483 g/mol. The van der Waals surface area contributed by atoms with Crippen molar-refractivity contribution in [2.24, 2.45) is 0 Å². The molecule has 3 heterocycles. The average Bonchev–Trinajstić information content (AvgIpc) is 3.27. The van der Waals surface area contributed by atoms with Crippen LogP contribution in [0.4, 0.5) is 23.9 Å². The van der Waals surface area contributed by atoms with Crippen LogP contribution in [0.1, 0.15) is 17.8 Å². The molecule has 7 nitrogen and oxygen atoms in total. The van der Waals surface area contributed by atoms with E-state index in [0.717, 1.165) is 12.1 Å². The van der Waals surface area contributed by atoms with Crippen molar-refractivity contribution in [1.82, 2.24) is 19.9 Å². The zero-order valence-electron chi connectivity index (χ0n) is 14.9. The molecular formula is C17H13Cl3F3N5O2. The second kappa shape index (κ2) is 7.28. The molecule has 2 fully saturated rings. The first-order valence-electron chi connectivity index (χ1n) is 8.70. The van der Waals surface area contributed by atoms with Gasteiger partial charge >= 0.3 is 12.3 Å². The van der Waals surface area contributed by atoms with Crippen molar-refractivity contribution in [1.29, 1.82) is 0 Å².